The number of hydrogen-bond donors (Lipinski definition) is 2. The molecule has 0 unspecified atom stereocenters. The molecule has 19 heavy (non-hydrogen) atoms. The zero-order valence-electron chi connectivity index (χ0n) is 11.7. The number of anilines is 2. The van der Waals surface area contributed by atoms with Gasteiger partial charge in [0.1, 0.15) is 5.82 Å². The highest BCUT2D eigenvalue weighted by Crippen LogP contribution is 2.21. The van der Waals surface area contributed by atoms with Gasteiger partial charge in [-0.25, -0.2) is 4.98 Å². The Kier molecular flexibility index (Phi) is 3.64. The van der Waals surface area contributed by atoms with Gasteiger partial charge in [-0.3, -0.25) is 4.98 Å². The van der Waals surface area contributed by atoms with E-state index in [-0.39, 0.29) is 5.54 Å². The molecule has 0 aliphatic heterocycles. The van der Waals surface area contributed by atoms with Crippen LogP contribution in [0.2, 0.25) is 0 Å². The summed E-state index contributed by atoms with van der Waals surface area (Å²) in [5.41, 5.74) is 1.81. The van der Waals surface area contributed by atoms with Gasteiger partial charge in [-0.1, -0.05) is 0 Å². The van der Waals surface area contributed by atoms with Crippen molar-refractivity contribution in [2.75, 3.05) is 17.7 Å². The third-order valence-corrected chi connectivity index (χ3v) is 2.45. The van der Waals surface area contributed by atoms with Crippen molar-refractivity contribution >= 4 is 11.8 Å². The van der Waals surface area contributed by atoms with Gasteiger partial charge in [0, 0.05) is 36.6 Å². The lowest BCUT2D eigenvalue weighted by atomic mass is 10.1. The molecule has 2 heterocycles. The molecule has 2 rings (SSSR count). The van der Waals surface area contributed by atoms with Crippen molar-refractivity contribution in [1.29, 1.82) is 0 Å². The molecular weight excluding hydrogens is 238 g/mol. The Hall–Kier alpha value is -2.17. The van der Waals surface area contributed by atoms with Crippen LogP contribution in [0.15, 0.2) is 30.6 Å². The van der Waals surface area contributed by atoms with E-state index in [4.69, 9.17) is 0 Å². The van der Waals surface area contributed by atoms with E-state index in [0.29, 0.717) is 5.95 Å². The van der Waals surface area contributed by atoms with Gasteiger partial charge in [0.05, 0.1) is 5.69 Å². The Morgan fingerprint density at radius 1 is 1.05 bits per heavy atom. The van der Waals surface area contributed by atoms with Crippen LogP contribution < -0.4 is 10.6 Å². The zero-order valence-corrected chi connectivity index (χ0v) is 11.7. The van der Waals surface area contributed by atoms with Crippen LogP contribution in [0, 0.1) is 0 Å². The molecule has 5 nitrogen and oxygen atoms in total. The summed E-state index contributed by atoms with van der Waals surface area (Å²) < 4.78 is 0. The van der Waals surface area contributed by atoms with Crippen LogP contribution in [0.5, 0.6) is 0 Å². The van der Waals surface area contributed by atoms with Crippen molar-refractivity contribution in [2.45, 2.75) is 26.3 Å². The fourth-order valence-corrected chi connectivity index (χ4v) is 1.64. The number of hydrogen-bond acceptors (Lipinski definition) is 5. The Morgan fingerprint density at radius 3 is 2.32 bits per heavy atom. The fraction of sp³-hybridized carbons (Fsp3) is 0.357. The average Bonchev–Trinajstić information content (AvgIpc) is 2.37. The van der Waals surface area contributed by atoms with Crippen molar-refractivity contribution in [3.05, 3.63) is 30.6 Å². The van der Waals surface area contributed by atoms with E-state index < -0.39 is 0 Å². The van der Waals surface area contributed by atoms with Crippen LogP contribution in [0.25, 0.3) is 11.3 Å². The monoisotopic (exact) mass is 257 g/mol. The molecule has 0 spiro atoms. The molecule has 0 amide bonds. The molecule has 0 atom stereocenters. The number of nitrogens with one attached hydrogen (secondary N) is 2. The first-order chi connectivity index (χ1) is 8.98. The van der Waals surface area contributed by atoms with Crippen LogP contribution in [-0.2, 0) is 0 Å². The van der Waals surface area contributed by atoms with Crippen molar-refractivity contribution in [1.82, 2.24) is 15.0 Å². The molecule has 2 aromatic rings. The molecule has 0 aliphatic rings. The molecule has 2 N–H and O–H groups in total. The second-order valence-electron chi connectivity index (χ2n) is 5.32. The lowest BCUT2D eigenvalue weighted by Gasteiger charge is -2.21. The summed E-state index contributed by atoms with van der Waals surface area (Å²) in [5.74, 6) is 1.40. The fourth-order valence-electron chi connectivity index (χ4n) is 1.64. The molecular formula is C14H19N5. The van der Waals surface area contributed by atoms with Crippen LogP contribution >= 0.6 is 0 Å². The highest BCUT2D eigenvalue weighted by atomic mass is 15.2. The molecule has 100 valence electrons. The standard InChI is InChI=1S/C14H19N5/c1-14(2,3)19-13-17-11(9-12(15-4)18-13)10-5-7-16-8-6-10/h5-9H,1-4H3,(H2,15,17,18,19). The molecule has 0 saturated heterocycles. The molecule has 0 radical (unpaired) electrons. The third-order valence-electron chi connectivity index (χ3n) is 2.45. The number of pyridine rings is 1. The van der Waals surface area contributed by atoms with E-state index >= 15 is 0 Å². The number of aromatic nitrogens is 3. The summed E-state index contributed by atoms with van der Waals surface area (Å²) in [4.78, 5) is 13.0. The summed E-state index contributed by atoms with van der Waals surface area (Å²) in [6.07, 6.45) is 3.51. The summed E-state index contributed by atoms with van der Waals surface area (Å²) in [7, 11) is 1.85. The number of rotatable bonds is 3. The highest BCUT2D eigenvalue weighted by molar-refractivity contribution is 5.63. The van der Waals surface area contributed by atoms with Crippen molar-refractivity contribution in [3.8, 4) is 11.3 Å². The molecule has 0 bridgehead atoms. The minimum atomic E-state index is -0.0815. The van der Waals surface area contributed by atoms with Crippen LogP contribution in [0.4, 0.5) is 11.8 Å². The summed E-state index contributed by atoms with van der Waals surface area (Å²) in [6.45, 7) is 6.23. The Labute approximate surface area is 113 Å². The van der Waals surface area contributed by atoms with Crippen molar-refractivity contribution < 1.29 is 0 Å². The minimum absolute atomic E-state index is 0.0815. The topological polar surface area (TPSA) is 62.7 Å². The lowest BCUT2D eigenvalue weighted by molar-refractivity contribution is 0.626. The van der Waals surface area contributed by atoms with Gasteiger partial charge < -0.3 is 10.6 Å². The predicted octanol–water partition coefficient (Wildman–Crippen LogP) is 2.79. The van der Waals surface area contributed by atoms with Crippen LogP contribution in [0.1, 0.15) is 20.8 Å². The Bertz CT molecular complexity index is 546. The van der Waals surface area contributed by atoms with E-state index in [2.05, 4.69) is 46.4 Å². The Morgan fingerprint density at radius 2 is 1.74 bits per heavy atom. The molecule has 0 aromatic carbocycles. The zero-order chi connectivity index (χ0) is 13.9. The SMILES string of the molecule is CNc1cc(-c2ccncc2)nc(NC(C)(C)C)n1. The minimum Gasteiger partial charge on any atom is -0.373 e. The van der Waals surface area contributed by atoms with Gasteiger partial charge in [0.15, 0.2) is 0 Å². The largest absolute Gasteiger partial charge is 0.373 e. The van der Waals surface area contributed by atoms with E-state index in [1.807, 2.05) is 25.2 Å². The van der Waals surface area contributed by atoms with E-state index in [9.17, 15) is 0 Å². The van der Waals surface area contributed by atoms with Crippen LogP contribution in [-0.4, -0.2) is 27.5 Å². The molecule has 0 fully saturated rings. The summed E-state index contributed by atoms with van der Waals surface area (Å²) in [6, 6.07) is 5.79. The first-order valence-corrected chi connectivity index (χ1v) is 6.23. The maximum Gasteiger partial charge on any atom is 0.225 e. The average molecular weight is 257 g/mol. The van der Waals surface area contributed by atoms with E-state index in [1.54, 1.807) is 12.4 Å². The van der Waals surface area contributed by atoms with E-state index in [1.165, 1.54) is 0 Å². The smallest absolute Gasteiger partial charge is 0.225 e. The third kappa shape index (κ3) is 3.64. The van der Waals surface area contributed by atoms with Crippen molar-refractivity contribution in [2.24, 2.45) is 0 Å². The number of nitrogens with zero attached hydrogens (tertiary/aromatic N) is 3. The van der Waals surface area contributed by atoms with Gasteiger partial charge in [0.25, 0.3) is 0 Å². The molecule has 5 heteroatoms. The molecule has 0 saturated carbocycles. The van der Waals surface area contributed by atoms with Gasteiger partial charge in [-0.2, -0.15) is 4.98 Å². The maximum atomic E-state index is 4.55. The molecule has 2 aromatic heterocycles. The Balaban J connectivity index is 2.42. The lowest BCUT2D eigenvalue weighted by Crippen LogP contribution is -2.27. The first-order valence-electron chi connectivity index (χ1n) is 6.23. The summed E-state index contributed by atoms with van der Waals surface area (Å²) >= 11 is 0. The molecule has 0 aliphatic carbocycles. The van der Waals surface area contributed by atoms with Gasteiger partial charge in [-0.15, -0.1) is 0 Å². The van der Waals surface area contributed by atoms with Gasteiger partial charge in [0.2, 0.25) is 5.95 Å². The highest BCUT2D eigenvalue weighted by Gasteiger charge is 2.13. The second-order valence-corrected chi connectivity index (χ2v) is 5.32. The maximum absolute atomic E-state index is 4.55. The summed E-state index contributed by atoms with van der Waals surface area (Å²) in [5, 5.41) is 6.34. The normalized spacial score (nSPS) is 11.2. The quantitative estimate of drug-likeness (QED) is 0.885. The van der Waals surface area contributed by atoms with Gasteiger partial charge in [-0.05, 0) is 32.9 Å². The first kappa shape index (κ1) is 13.3. The second kappa shape index (κ2) is 5.22. The predicted molar refractivity (Wildman–Crippen MR) is 78.2 cm³/mol. The van der Waals surface area contributed by atoms with Crippen molar-refractivity contribution in [3.63, 3.8) is 0 Å². The van der Waals surface area contributed by atoms with Gasteiger partial charge >= 0.3 is 0 Å². The van der Waals surface area contributed by atoms with E-state index in [0.717, 1.165) is 17.1 Å². The van der Waals surface area contributed by atoms with Crippen LogP contribution in [0.3, 0.4) is 0 Å².